The van der Waals surface area contributed by atoms with Crippen LogP contribution in [0.15, 0.2) is 59.7 Å². The minimum atomic E-state index is -1.00. The van der Waals surface area contributed by atoms with E-state index in [0.29, 0.717) is 11.4 Å². The van der Waals surface area contributed by atoms with E-state index >= 15 is 0 Å². The third kappa shape index (κ3) is 2.98. The van der Waals surface area contributed by atoms with Crippen LogP contribution in [0.4, 0.5) is 5.69 Å². The molecule has 0 aliphatic carbocycles. The molecule has 2 atom stereocenters. The van der Waals surface area contributed by atoms with Crippen LogP contribution in [-0.2, 0) is 25.7 Å². The molecule has 8 nitrogen and oxygen atoms in total. The van der Waals surface area contributed by atoms with E-state index < -0.39 is 29.7 Å². The van der Waals surface area contributed by atoms with E-state index in [1.165, 1.54) is 7.11 Å². The molecule has 8 heteroatoms. The van der Waals surface area contributed by atoms with Gasteiger partial charge in [-0.25, -0.2) is 9.69 Å². The number of nitrogens with one attached hydrogen (secondary N) is 1. The van der Waals surface area contributed by atoms with E-state index in [2.05, 4.69) is 10.5 Å². The van der Waals surface area contributed by atoms with Crippen LogP contribution in [0.5, 0.6) is 5.75 Å². The van der Waals surface area contributed by atoms with E-state index in [0.717, 1.165) is 10.5 Å². The zero-order chi connectivity index (χ0) is 19.7. The Morgan fingerprint density at radius 1 is 1.07 bits per heavy atom. The lowest BCUT2D eigenvalue weighted by molar-refractivity contribution is -0.137. The molecule has 1 N–H and O–H groups in total. The minimum absolute atomic E-state index is 0.0560. The van der Waals surface area contributed by atoms with Gasteiger partial charge in [0, 0.05) is 0 Å². The fourth-order valence-corrected chi connectivity index (χ4v) is 3.24. The average molecular weight is 379 g/mol. The van der Waals surface area contributed by atoms with Crippen LogP contribution in [0, 0.1) is 5.92 Å². The molecular formula is C20H17N3O5. The second-order valence-corrected chi connectivity index (χ2v) is 6.35. The SMILES string of the molecule is COc1ccc(N2C(=O)[C@@H]3C(C(=O)OCc4ccccc4)=NN[C@@H]3C2=O)cc1. The highest BCUT2D eigenvalue weighted by Gasteiger charge is 2.55. The number of anilines is 1. The van der Waals surface area contributed by atoms with Gasteiger partial charge in [-0.1, -0.05) is 30.3 Å². The molecule has 1 saturated heterocycles. The highest BCUT2D eigenvalue weighted by Crippen LogP contribution is 2.31. The van der Waals surface area contributed by atoms with Crippen molar-refractivity contribution in [2.75, 3.05) is 12.0 Å². The molecule has 2 aromatic rings. The summed E-state index contributed by atoms with van der Waals surface area (Å²) in [5.74, 6) is -2.09. The number of imide groups is 1. The van der Waals surface area contributed by atoms with Gasteiger partial charge in [0.05, 0.1) is 12.8 Å². The second-order valence-electron chi connectivity index (χ2n) is 6.35. The topological polar surface area (TPSA) is 97.3 Å². The molecule has 2 aliphatic rings. The molecule has 2 aromatic carbocycles. The van der Waals surface area contributed by atoms with Crippen molar-refractivity contribution in [3.8, 4) is 5.75 Å². The van der Waals surface area contributed by atoms with E-state index in [4.69, 9.17) is 9.47 Å². The molecule has 0 unspecified atom stereocenters. The molecule has 0 aromatic heterocycles. The molecule has 2 aliphatic heterocycles. The molecule has 142 valence electrons. The fraction of sp³-hybridized carbons (Fsp3) is 0.200. The highest BCUT2D eigenvalue weighted by atomic mass is 16.5. The van der Waals surface area contributed by atoms with Crippen LogP contribution in [0.3, 0.4) is 0 Å². The van der Waals surface area contributed by atoms with Crippen LogP contribution in [0.25, 0.3) is 0 Å². The van der Waals surface area contributed by atoms with Gasteiger partial charge in [0.1, 0.15) is 24.3 Å². The molecule has 0 radical (unpaired) electrons. The summed E-state index contributed by atoms with van der Waals surface area (Å²) in [6.07, 6.45) is 0. The summed E-state index contributed by atoms with van der Waals surface area (Å²) in [5, 5.41) is 3.89. The van der Waals surface area contributed by atoms with Crippen LogP contribution < -0.4 is 15.1 Å². The average Bonchev–Trinajstić information content (AvgIpc) is 3.27. The first-order chi connectivity index (χ1) is 13.6. The summed E-state index contributed by atoms with van der Waals surface area (Å²) in [5.41, 5.74) is 3.73. The third-order valence-electron chi connectivity index (χ3n) is 4.68. The van der Waals surface area contributed by atoms with Gasteiger partial charge in [-0.2, -0.15) is 5.10 Å². The zero-order valence-corrected chi connectivity index (χ0v) is 15.0. The van der Waals surface area contributed by atoms with Gasteiger partial charge in [0.2, 0.25) is 5.91 Å². The first-order valence-corrected chi connectivity index (χ1v) is 8.66. The Morgan fingerprint density at radius 3 is 2.46 bits per heavy atom. The zero-order valence-electron chi connectivity index (χ0n) is 15.0. The van der Waals surface area contributed by atoms with Crippen molar-refractivity contribution in [2.45, 2.75) is 12.6 Å². The number of rotatable bonds is 5. The molecule has 4 rings (SSSR count). The maximum Gasteiger partial charge on any atom is 0.355 e. The molecule has 0 spiro atoms. The maximum atomic E-state index is 12.9. The Morgan fingerprint density at radius 2 is 1.79 bits per heavy atom. The van der Waals surface area contributed by atoms with Crippen LogP contribution in [0.1, 0.15) is 5.56 Å². The number of amides is 2. The fourth-order valence-electron chi connectivity index (χ4n) is 3.24. The standard InChI is InChI=1S/C20H17N3O5/c1-27-14-9-7-13(8-10-14)23-18(24)15-16(19(23)25)21-22-17(15)20(26)28-11-12-5-3-2-4-6-12/h2-10,15-16,21H,11H2,1H3/t15-,16-/m0/s1. The molecule has 1 fully saturated rings. The second kappa shape index (κ2) is 7.15. The lowest BCUT2D eigenvalue weighted by atomic mass is 9.99. The van der Waals surface area contributed by atoms with Crippen molar-refractivity contribution in [1.29, 1.82) is 0 Å². The van der Waals surface area contributed by atoms with Gasteiger partial charge >= 0.3 is 5.97 Å². The molecule has 0 saturated carbocycles. The predicted octanol–water partition coefficient (Wildman–Crippen LogP) is 1.26. The van der Waals surface area contributed by atoms with Crippen molar-refractivity contribution in [2.24, 2.45) is 11.0 Å². The Hall–Kier alpha value is -3.68. The lowest BCUT2D eigenvalue weighted by Crippen LogP contribution is -2.36. The summed E-state index contributed by atoms with van der Waals surface area (Å²) in [4.78, 5) is 39.1. The monoisotopic (exact) mass is 379 g/mol. The maximum absolute atomic E-state index is 12.9. The van der Waals surface area contributed by atoms with Gasteiger partial charge in [0.15, 0.2) is 5.71 Å². The number of hydrogen-bond donors (Lipinski definition) is 1. The van der Waals surface area contributed by atoms with E-state index in [1.54, 1.807) is 24.3 Å². The molecule has 0 bridgehead atoms. The number of carbonyl (C=O) groups excluding carboxylic acids is 3. The van der Waals surface area contributed by atoms with E-state index in [9.17, 15) is 14.4 Å². The van der Waals surface area contributed by atoms with Crippen molar-refractivity contribution in [3.63, 3.8) is 0 Å². The van der Waals surface area contributed by atoms with Crippen molar-refractivity contribution in [3.05, 3.63) is 60.2 Å². The third-order valence-corrected chi connectivity index (χ3v) is 4.68. The van der Waals surface area contributed by atoms with Gasteiger partial charge < -0.3 is 9.47 Å². The van der Waals surface area contributed by atoms with Gasteiger partial charge in [-0.15, -0.1) is 0 Å². The molecule has 2 heterocycles. The molecule has 2 amide bonds. The first-order valence-electron chi connectivity index (χ1n) is 8.66. The molecule has 28 heavy (non-hydrogen) atoms. The number of nitrogens with zero attached hydrogens (tertiary/aromatic N) is 2. The lowest BCUT2D eigenvalue weighted by Gasteiger charge is -2.16. The summed E-state index contributed by atoms with van der Waals surface area (Å²) < 4.78 is 10.4. The predicted molar refractivity (Wildman–Crippen MR) is 99.6 cm³/mol. The van der Waals surface area contributed by atoms with Gasteiger partial charge in [0.25, 0.3) is 5.91 Å². The number of esters is 1. The summed E-state index contributed by atoms with van der Waals surface area (Å²) in [6, 6.07) is 14.8. The van der Waals surface area contributed by atoms with Crippen LogP contribution in [-0.4, -0.2) is 36.6 Å². The van der Waals surface area contributed by atoms with Gasteiger partial charge in [-0.05, 0) is 29.8 Å². The summed E-state index contributed by atoms with van der Waals surface area (Å²) in [6.45, 7) is 0.0560. The number of ether oxygens (including phenoxy) is 2. The molecular weight excluding hydrogens is 362 g/mol. The Bertz CT molecular complexity index is 956. The van der Waals surface area contributed by atoms with Crippen LogP contribution in [0.2, 0.25) is 0 Å². The Balaban J connectivity index is 1.50. The number of hydrogen-bond acceptors (Lipinski definition) is 7. The van der Waals surface area contributed by atoms with Crippen molar-refractivity contribution >= 4 is 29.2 Å². The Kier molecular flexibility index (Phi) is 4.52. The van der Waals surface area contributed by atoms with Gasteiger partial charge in [-0.3, -0.25) is 15.0 Å². The van der Waals surface area contributed by atoms with Crippen LogP contribution >= 0.6 is 0 Å². The minimum Gasteiger partial charge on any atom is -0.497 e. The summed E-state index contributed by atoms with van der Waals surface area (Å²) in [7, 11) is 1.53. The van der Waals surface area contributed by atoms with E-state index in [1.807, 2.05) is 30.3 Å². The smallest absolute Gasteiger partial charge is 0.355 e. The number of carbonyl (C=O) groups is 3. The normalized spacial score (nSPS) is 20.5. The van der Waals surface area contributed by atoms with E-state index in [-0.39, 0.29) is 12.3 Å². The first kappa shape index (κ1) is 17.7. The highest BCUT2D eigenvalue weighted by molar-refractivity contribution is 6.46. The Labute approximate surface area is 160 Å². The number of fused-ring (bicyclic) bond motifs is 1. The summed E-state index contributed by atoms with van der Waals surface area (Å²) >= 11 is 0. The van der Waals surface area contributed by atoms with Crippen molar-refractivity contribution in [1.82, 2.24) is 5.43 Å². The largest absolute Gasteiger partial charge is 0.497 e. The number of benzene rings is 2. The number of methoxy groups -OCH3 is 1. The number of hydrazone groups is 1. The van der Waals surface area contributed by atoms with Crippen molar-refractivity contribution < 1.29 is 23.9 Å². The quantitative estimate of drug-likeness (QED) is 0.620.